The molecule has 1 heterocycles. The maximum Gasteiger partial charge on any atom is 0.122 e. The highest BCUT2D eigenvalue weighted by Crippen LogP contribution is 2.28. The molecule has 2 N–H and O–H groups in total. The monoisotopic (exact) mass is 278 g/mol. The van der Waals surface area contributed by atoms with E-state index in [4.69, 9.17) is 26.8 Å². The first kappa shape index (κ1) is 13.6. The fourth-order valence-corrected chi connectivity index (χ4v) is 1.86. The molecule has 1 aromatic carbocycles. The molecule has 0 radical (unpaired) electrons. The van der Waals surface area contributed by atoms with Gasteiger partial charge in [-0.2, -0.15) is 0 Å². The number of hydrogen-bond acceptors (Lipinski definition) is 4. The molecule has 1 aromatic heterocycles. The third-order valence-electron chi connectivity index (χ3n) is 2.80. The molecule has 0 saturated heterocycles. The molecule has 5 heteroatoms. The van der Waals surface area contributed by atoms with Crippen LogP contribution in [-0.4, -0.2) is 19.2 Å². The number of halogens is 1. The molecule has 100 valence electrons. The van der Waals surface area contributed by atoms with Gasteiger partial charge in [-0.25, -0.2) is 0 Å². The molecule has 0 fully saturated rings. The van der Waals surface area contributed by atoms with Gasteiger partial charge in [0.1, 0.15) is 11.5 Å². The van der Waals surface area contributed by atoms with Crippen molar-refractivity contribution in [3.63, 3.8) is 0 Å². The SMILES string of the molecule is COc1cc(OC)cc(C(N)c2ccc(Cl)cn2)c1. The summed E-state index contributed by atoms with van der Waals surface area (Å²) in [5.41, 5.74) is 7.80. The lowest BCUT2D eigenvalue weighted by Gasteiger charge is -2.14. The number of hydrogen-bond donors (Lipinski definition) is 1. The largest absolute Gasteiger partial charge is 0.497 e. The molecule has 0 aliphatic carbocycles. The van der Waals surface area contributed by atoms with Gasteiger partial charge < -0.3 is 15.2 Å². The number of methoxy groups -OCH3 is 2. The van der Waals surface area contributed by atoms with Gasteiger partial charge in [0.2, 0.25) is 0 Å². The number of nitrogens with two attached hydrogens (primary N) is 1. The minimum Gasteiger partial charge on any atom is -0.497 e. The van der Waals surface area contributed by atoms with E-state index in [-0.39, 0.29) is 6.04 Å². The number of aromatic nitrogens is 1. The Balaban J connectivity index is 2.37. The van der Waals surface area contributed by atoms with E-state index in [0.29, 0.717) is 16.5 Å². The maximum absolute atomic E-state index is 6.20. The van der Waals surface area contributed by atoms with Crippen LogP contribution >= 0.6 is 11.6 Å². The molecule has 2 rings (SSSR count). The Morgan fingerprint density at radius 2 is 1.74 bits per heavy atom. The molecule has 0 bridgehead atoms. The van der Waals surface area contributed by atoms with E-state index in [9.17, 15) is 0 Å². The molecule has 0 aliphatic heterocycles. The highest BCUT2D eigenvalue weighted by atomic mass is 35.5. The molecule has 19 heavy (non-hydrogen) atoms. The van der Waals surface area contributed by atoms with Crippen molar-refractivity contribution in [2.75, 3.05) is 14.2 Å². The van der Waals surface area contributed by atoms with E-state index in [2.05, 4.69) is 4.98 Å². The summed E-state index contributed by atoms with van der Waals surface area (Å²) >= 11 is 5.81. The van der Waals surface area contributed by atoms with Crippen molar-refractivity contribution in [2.24, 2.45) is 5.73 Å². The Bertz CT molecular complexity index is 536. The molecule has 1 atom stereocenters. The van der Waals surface area contributed by atoms with Gasteiger partial charge in [-0.05, 0) is 29.8 Å². The van der Waals surface area contributed by atoms with Crippen LogP contribution in [-0.2, 0) is 0 Å². The van der Waals surface area contributed by atoms with Crippen LogP contribution in [0.4, 0.5) is 0 Å². The first-order valence-electron chi connectivity index (χ1n) is 5.74. The number of benzene rings is 1. The highest BCUT2D eigenvalue weighted by Gasteiger charge is 2.13. The normalized spacial score (nSPS) is 12.0. The van der Waals surface area contributed by atoms with Crippen LogP contribution < -0.4 is 15.2 Å². The summed E-state index contributed by atoms with van der Waals surface area (Å²) in [6.45, 7) is 0. The number of nitrogens with zero attached hydrogens (tertiary/aromatic N) is 1. The van der Waals surface area contributed by atoms with E-state index < -0.39 is 0 Å². The predicted molar refractivity (Wildman–Crippen MR) is 74.8 cm³/mol. The summed E-state index contributed by atoms with van der Waals surface area (Å²) in [4.78, 5) is 4.23. The Kier molecular flexibility index (Phi) is 4.24. The Hall–Kier alpha value is -1.78. The molecule has 0 spiro atoms. The van der Waals surface area contributed by atoms with Crippen LogP contribution in [0.15, 0.2) is 36.5 Å². The molecule has 0 amide bonds. The summed E-state index contributed by atoms with van der Waals surface area (Å²) in [6.07, 6.45) is 1.58. The zero-order valence-electron chi connectivity index (χ0n) is 10.8. The first-order valence-corrected chi connectivity index (χ1v) is 6.12. The highest BCUT2D eigenvalue weighted by molar-refractivity contribution is 6.30. The first-order chi connectivity index (χ1) is 9.13. The molecular weight excluding hydrogens is 264 g/mol. The summed E-state index contributed by atoms with van der Waals surface area (Å²) in [5.74, 6) is 1.39. The third kappa shape index (κ3) is 3.16. The van der Waals surface area contributed by atoms with Crippen LogP contribution in [0.1, 0.15) is 17.3 Å². The van der Waals surface area contributed by atoms with Crippen molar-refractivity contribution >= 4 is 11.6 Å². The van der Waals surface area contributed by atoms with Gasteiger partial charge in [-0.3, -0.25) is 4.98 Å². The molecule has 0 aliphatic rings. The zero-order valence-corrected chi connectivity index (χ0v) is 11.5. The van der Waals surface area contributed by atoms with Crippen LogP contribution in [0, 0.1) is 0 Å². The van der Waals surface area contributed by atoms with Crippen molar-refractivity contribution in [3.8, 4) is 11.5 Å². The minimum absolute atomic E-state index is 0.360. The predicted octanol–water partition coefficient (Wildman–Crippen LogP) is 2.80. The second kappa shape index (κ2) is 5.91. The molecule has 0 saturated carbocycles. The topological polar surface area (TPSA) is 57.4 Å². The average Bonchev–Trinajstić information content (AvgIpc) is 2.46. The van der Waals surface area contributed by atoms with Gasteiger partial charge in [-0.1, -0.05) is 11.6 Å². The van der Waals surface area contributed by atoms with Crippen LogP contribution in [0.25, 0.3) is 0 Å². The van der Waals surface area contributed by atoms with Crippen molar-refractivity contribution in [1.29, 1.82) is 0 Å². The van der Waals surface area contributed by atoms with Gasteiger partial charge in [0.25, 0.3) is 0 Å². The summed E-state index contributed by atoms with van der Waals surface area (Å²) in [6, 6.07) is 8.74. The lowest BCUT2D eigenvalue weighted by molar-refractivity contribution is 0.393. The Labute approximate surface area is 117 Å². The second-order valence-corrected chi connectivity index (χ2v) is 4.46. The number of rotatable bonds is 4. The number of pyridine rings is 1. The van der Waals surface area contributed by atoms with Crippen LogP contribution in [0.5, 0.6) is 11.5 Å². The fourth-order valence-electron chi connectivity index (χ4n) is 1.75. The molecule has 2 aromatic rings. The van der Waals surface area contributed by atoms with Gasteiger partial charge in [0, 0.05) is 12.3 Å². The van der Waals surface area contributed by atoms with Crippen molar-refractivity contribution in [3.05, 3.63) is 52.8 Å². The van der Waals surface area contributed by atoms with Gasteiger partial charge in [0.05, 0.1) is 31.0 Å². The maximum atomic E-state index is 6.20. The van der Waals surface area contributed by atoms with E-state index in [1.54, 1.807) is 38.6 Å². The van der Waals surface area contributed by atoms with E-state index in [1.165, 1.54) is 0 Å². The second-order valence-electron chi connectivity index (χ2n) is 4.02. The van der Waals surface area contributed by atoms with Crippen molar-refractivity contribution in [2.45, 2.75) is 6.04 Å². The minimum atomic E-state index is -0.360. The van der Waals surface area contributed by atoms with Gasteiger partial charge in [-0.15, -0.1) is 0 Å². The smallest absolute Gasteiger partial charge is 0.122 e. The molecular formula is C14H15ClN2O2. The van der Waals surface area contributed by atoms with Crippen LogP contribution in [0.2, 0.25) is 5.02 Å². The van der Waals surface area contributed by atoms with E-state index in [1.807, 2.05) is 12.1 Å². The van der Waals surface area contributed by atoms with Crippen LogP contribution in [0.3, 0.4) is 0 Å². The zero-order chi connectivity index (χ0) is 13.8. The molecule has 1 unspecified atom stereocenters. The average molecular weight is 279 g/mol. The van der Waals surface area contributed by atoms with Gasteiger partial charge >= 0.3 is 0 Å². The van der Waals surface area contributed by atoms with Gasteiger partial charge in [0.15, 0.2) is 0 Å². The quantitative estimate of drug-likeness (QED) is 0.934. The summed E-state index contributed by atoms with van der Waals surface area (Å²) in [7, 11) is 3.20. The fraction of sp³-hybridized carbons (Fsp3) is 0.214. The lowest BCUT2D eigenvalue weighted by atomic mass is 10.0. The lowest BCUT2D eigenvalue weighted by Crippen LogP contribution is -2.13. The van der Waals surface area contributed by atoms with Crippen molar-refractivity contribution < 1.29 is 9.47 Å². The summed E-state index contributed by atoms with van der Waals surface area (Å²) < 4.78 is 10.5. The third-order valence-corrected chi connectivity index (χ3v) is 3.03. The Morgan fingerprint density at radius 3 is 2.21 bits per heavy atom. The molecule has 4 nitrogen and oxygen atoms in total. The van der Waals surface area contributed by atoms with E-state index in [0.717, 1.165) is 11.3 Å². The van der Waals surface area contributed by atoms with E-state index >= 15 is 0 Å². The number of ether oxygens (including phenoxy) is 2. The summed E-state index contributed by atoms with van der Waals surface area (Å²) in [5, 5.41) is 0.583. The Morgan fingerprint density at radius 1 is 1.11 bits per heavy atom. The standard InChI is InChI=1S/C14H15ClN2O2/c1-18-11-5-9(6-12(7-11)19-2)14(16)13-4-3-10(15)8-17-13/h3-8,14H,16H2,1-2H3. The van der Waals surface area contributed by atoms with Crippen molar-refractivity contribution in [1.82, 2.24) is 4.98 Å².